The van der Waals surface area contributed by atoms with E-state index in [0.29, 0.717) is 50.8 Å². The maximum atomic E-state index is 13.4. The molecule has 2 N–H and O–H groups in total. The molecule has 34 heavy (non-hydrogen) atoms. The van der Waals surface area contributed by atoms with E-state index in [9.17, 15) is 9.59 Å². The lowest BCUT2D eigenvalue weighted by Gasteiger charge is -2.32. The minimum Gasteiger partial charge on any atom is -0.454 e. The second-order valence-corrected chi connectivity index (χ2v) is 9.72. The Bertz CT molecular complexity index is 1420. The number of carbonyl (C=O) groups excluding carboxylic acids is 1. The van der Waals surface area contributed by atoms with Gasteiger partial charge in [-0.3, -0.25) is 9.59 Å². The number of carbonyl (C=O) groups is 1. The van der Waals surface area contributed by atoms with Gasteiger partial charge in [0.2, 0.25) is 6.79 Å². The molecular weight excluding hydrogens is 474 g/mol. The summed E-state index contributed by atoms with van der Waals surface area (Å²) in [6.45, 7) is 0.155. The molecule has 7 nitrogen and oxygen atoms in total. The number of H-pyrrole nitrogens is 1. The zero-order chi connectivity index (χ0) is 23.2. The van der Waals surface area contributed by atoms with Gasteiger partial charge in [-0.1, -0.05) is 47.6 Å². The van der Waals surface area contributed by atoms with E-state index < -0.39 is 5.92 Å². The fourth-order valence-corrected chi connectivity index (χ4v) is 5.84. The van der Waals surface area contributed by atoms with Crippen LogP contribution >= 0.6 is 23.4 Å². The van der Waals surface area contributed by atoms with E-state index in [1.54, 1.807) is 0 Å². The molecule has 1 aromatic heterocycles. The first kappa shape index (κ1) is 21.3. The van der Waals surface area contributed by atoms with E-state index in [1.807, 2.05) is 42.5 Å². The van der Waals surface area contributed by atoms with Crippen LogP contribution in [-0.4, -0.2) is 22.5 Å². The number of halogens is 1. The first-order chi connectivity index (χ1) is 16.6. The summed E-state index contributed by atoms with van der Waals surface area (Å²) in [5.41, 5.74) is 3.41. The van der Waals surface area contributed by atoms with Crippen molar-refractivity contribution in [3.63, 3.8) is 0 Å². The molecule has 0 fully saturated rings. The zero-order valence-corrected chi connectivity index (χ0v) is 19.6. The quantitative estimate of drug-likeness (QED) is 0.390. The van der Waals surface area contributed by atoms with Crippen LogP contribution in [0.15, 0.2) is 63.7 Å². The van der Waals surface area contributed by atoms with Crippen molar-refractivity contribution in [1.29, 1.82) is 0 Å². The van der Waals surface area contributed by atoms with Gasteiger partial charge in [-0.15, -0.1) is 0 Å². The number of nitrogens with one attached hydrogen (secondary N) is 2. The number of Topliss-reactive ketones (excluding diaryl/α,β-unsaturated/α-hetero) is 1. The van der Waals surface area contributed by atoms with Crippen LogP contribution in [0, 0.1) is 0 Å². The Labute approximate surface area is 204 Å². The summed E-state index contributed by atoms with van der Waals surface area (Å²) in [5.74, 6) is 1.85. The van der Waals surface area contributed by atoms with Gasteiger partial charge in [0.05, 0.1) is 5.56 Å². The number of thioether (sulfide) groups is 1. The number of fused-ring (bicyclic) bond motifs is 2. The van der Waals surface area contributed by atoms with Gasteiger partial charge in [0.15, 0.2) is 22.4 Å². The fraction of sp³-hybridized carbons (Fsp3) is 0.240. The van der Waals surface area contributed by atoms with Gasteiger partial charge in [0.1, 0.15) is 5.82 Å². The Hall–Kier alpha value is -3.23. The van der Waals surface area contributed by atoms with E-state index in [2.05, 4.69) is 10.3 Å². The number of allylic oxidation sites excluding steroid dienone is 2. The maximum absolute atomic E-state index is 13.4. The van der Waals surface area contributed by atoms with Crippen LogP contribution < -0.4 is 20.3 Å². The molecule has 3 heterocycles. The molecule has 172 valence electrons. The van der Waals surface area contributed by atoms with Crippen molar-refractivity contribution in [3.8, 4) is 11.5 Å². The van der Waals surface area contributed by atoms with Crippen LogP contribution in [0.4, 0.5) is 5.82 Å². The lowest BCUT2D eigenvalue weighted by molar-refractivity contribution is -0.116. The third-order valence-corrected chi connectivity index (χ3v) is 7.58. The van der Waals surface area contributed by atoms with Gasteiger partial charge in [0, 0.05) is 34.4 Å². The molecule has 3 aliphatic rings. The lowest BCUT2D eigenvalue weighted by Crippen LogP contribution is -2.32. The van der Waals surface area contributed by atoms with Gasteiger partial charge in [-0.05, 0) is 42.2 Å². The molecular formula is C25H20ClN3O4S. The molecule has 1 aliphatic carbocycles. The number of hydrogen-bond donors (Lipinski definition) is 2. The molecule has 0 saturated heterocycles. The van der Waals surface area contributed by atoms with Gasteiger partial charge in [0.25, 0.3) is 5.56 Å². The molecule has 1 atom stereocenters. The standard InChI is InChI=1S/C25H20ClN3O4S/c26-15-5-2-1-4-14(15)11-34-25-28-23-22(24(31)29-25)20(21-16(27-23)6-3-7-17(21)30)13-8-9-18-19(10-13)33-12-32-18/h1-2,4-5,8-10,20H,3,6-7,11-12H2,(H2,27,28,29,31)/t20-/m0/s1. The van der Waals surface area contributed by atoms with E-state index in [4.69, 9.17) is 26.1 Å². The number of ketones is 1. The minimum atomic E-state index is -0.521. The van der Waals surface area contributed by atoms with Crippen molar-refractivity contribution >= 4 is 35.0 Å². The minimum absolute atomic E-state index is 0.0543. The Kier molecular flexibility index (Phi) is 5.34. The van der Waals surface area contributed by atoms with Crippen LogP contribution in [-0.2, 0) is 10.5 Å². The highest BCUT2D eigenvalue weighted by Crippen LogP contribution is 2.45. The summed E-state index contributed by atoms with van der Waals surface area (Å²) in [7, 11) is 0. The summed E-state index contributed by atoms with van der Waals surface area (Å²) < 4.78 is 11.0. The summed E-state index contributed by atoms with van der Waals surface area (Å²) in [6.07, 6.45) is 1.97. The molecule has 0 bridgehead atoms. The van der Waals surface area contributed by atoms with Gasteiger partial charge >= 0.3 is 0 Å². The van der Waals surface area contributed by atoms with Crippen molar-refractivity contribution < 1.29 is 14.3 Å². The predicted octanol–water partition coefficient (Wildman–Crippen LogP) is 5.01. The SMILES string of the molecule is O=C1CCCC2=C1[C@H](c1ccc3c(c1)OCO3)c1c(nc(SCc3ccccc3Cl)[nH]c1=O)N2. The predicted molar refractivity (Wildman–Crippen MR) is 130 cm³/mol. The van der Waals surface area contributed by atoms with Crippen LogP contribution in [0.5, 0.6) is 11.5 Å². The molecule has 0 unspecified atom stereocenters. The number of benzene rings is 2. The summed E-state index contributed by atoms with van der Waals surface area (Å²) in [4.78, 5) is 34.1. The lowest BCUT2D eigenvalue weighted by atomic mass is 9.76. The van der Waals surface area contributed by atoms with Crippen LogP contribution in [0.25, 0.3) is 0 Å². The highest BCUT2D eigenvalue weighted by molar-refractivity contribution is 7.98. The Morgan fingerprint density at radius 2 is 1.94 bits per heavy atom. The van der Waals surface area contributed by atoms with Crippen molar-refractivity contribution in [3.05, 3.63) is 85.8 Å². The van der Waals surface area contributed by atoms with Crippen molar-refractivity contribution in [2.45, 2.75) is 36.1 Å². The Morgan fingerprint density at radius 3 is 2.82 bits per heavy atom. The van der Waals surface area contributed by atoms with E-state index in [1.165, 1.54) is 11.8 Å². The largest absolute Gasteiger partial charge is 0.454 e. The Morgan fingerprint density at radius 1 is 1.09 bits per heavy atom. The van der Waals surface area contributed by atoms with Gasteiger partial charge < -0.3 is 19.8 Å². The van der Waals surface area contributed by atoms with Crippen molar-refractivity contribution in [2.24, 2.45) is 0 Å². The second-order valence-electron chi connectivity index (χ2n) is 8.35. The average molecular weight is 494 g/mol. The van der Waals surface area contributed by atoms with Crippen LogP contribution in [0.2, 0.25) is 5.02 Å². The number of ether oxygens (including phenoxy) is 2. The van der Waals surface area contributed by atoms with Gasteiger partial charge in [-0.2, -0.15) is 0 Å². The summed E-state index contributed by atoms with van der Waals surface area (Å²) >= 11 is 7.69. The number of anilines is 1. The molecule has 9 heteroatoms. The highest BCUT2D eigenvalue weighted by Gasteiger charge is 2.38. The molecule has 3 aromatic rings. The number of aromatic amines is 1. The first-order valence-corrected chi connectivity index (χ1v) is 12.4. The molecule has 0 saturated carbocycles. The topological polar surface area (TPSA) is 93.3 Å². The van der Waals surface area contributed by atoms with E-state index >= 15 is 0 Å². The third kappa shape index (κ3) is 3.67. The number of hydrogen-bond acceptors (Lipinski definition) is 7. The Balaban J connectivity index is 1.42. The molecule has 2 aromatic carbocycles. The molecule has 0 amide bonds. The van der Waals surface area contributed by atoms with Crippen molar-refractivity contribution in [2.75, 3.05) is 12.1 Å². The fourth-order valence-electron chi connectivity index (χ4n) is 4.70. The highest BCUT2D eigenvalue weighted by atomic mass is 35.5. The second kappa shape index (κ2) is 8.52. The molecule has 2 aliphatic heterocycles. The van der Waals surface area contributed by atoms with Crippen LogP contribution in [0.1, 0.15) is 41.9 Å². The third-order valence-electron chi connectivity index (χ3n) is 6.29. The zero-order valence-electron chi connectivity index (χ0n) is 18.0. The van der Waals surface area contributed by atoms with Crippen LogP contribution in [0.3, 0.4) is 0 Å². The maximum Gasteiger partial charge on any atom is 0.257 e. The van der Waals surface area contributed by atoms with Gasteiger partial charge in [-0.25, -0.2) is 4.98 Å². The molecule has 6 rings (SSSR count). The summed E-state index contributed by atoms with van der Waals surface area (Å²) in [5, 5.41) is 4.47. The first-order valence-electron chi connectivity index (χ1n) is 11.0. The van der Waals surface area contributed by atoms with E-state index in [-0.39, 0.29) is 18.1 Å². The number of rotatable bonds is 4. The smallest absolute Gasteiger partial charge is 0.257 e. The number of nitrogens with zero attached hydrogens (tertiary/aromatic N) is 1. The van der Waals surface area contributed by atoms with E-state index in [0.717, 1.165) is 29.7 Å². The van der Waals surface area contributed by atoms with Crippen molar-refractivity contribution in [1.82, 2.24) is 9.97 Å². The number of aromatic nitrogens is 2. The average Bonchev–Trinajstić information content (AvgIpc) is 3.30. The molecule has 0 radical (unpaired) electrons. The molecule has 0 spiro atoms. The summed E-state index contributed by atoms with van der Waals surface area (Å²) in [6, 6.07) is 13.2. The normalized spacial score (nSPS) is 18.4. The monoisotopic (exact) mass is 493 g/mol.